The number of carbonyl (C=O) groups is 1. The van der Waals surface area contributed by atoms with Gasteiger partial charge in [-0.05, 0) is 31.4 Å². The van der Waals surface area contributed by atoms with Crippen molar-refractivity contribution < 1.29 is 22.7 Å². The number of alkyl halides is 3. The molecular weight excluding hydrogens is 287 g/mol. The minimum atomic E-state index is -4.41. The lowest BCUT2D eigenvalue weighted by molar-refractivity contribution is -0.137. The van der Waals surface area contributed by atoms with Gasteiger partial charge in [0.15, 0.2) is 0 Å². The van der Waals surface area contributed by atoms with Crippen LogP contribution in [-0.4, -0.2) is 30.3 Å². The largest absolute Gasteiger partial charge is 0.445 e. The summed E-state index contributed by atoms with van der Waals surface area (Å²) in [5, 5.41) is 0. The van der Waals surface area contributed by atoms with Gasteiger partial charge in [-0.1, -0.05) is 0 Å². The topological polar surface area (TPSA) is 68.5 Å². The van der Waals surface area contributed by atoms with Gasteiger partial charge in [0, 0.05) is 12.7 Å². The Kier molecular flexibility index (Phi) is 4.24. The first kappa shape index (κ1) is 15.4. The summed E-state index contributed by atoms with van der Waals surface area (Å²) in [7, 11) is 0. The van der Waals surface area contributed by atoms with Gasteiger partial charge >= 0.3 is 12.3 Å². The molecule has 1 unspecified atom stereocenters. The van der Waals surface area contributed by atoms with Crippen LogP contribution in [-0.2, 0) is 10.9 Å². The Morgan fingerprint density at radius 3 is 2.81 bits per heavy atom. The maximum Gasteiger partial charge on any atom is 0.417 e. The van der Waals surface area contributed by atoms with Crippen molar-refractivity contribution in [3.05, 3.63) is 23.4 Å². The molecule has 1 saturated heterocycles. The lowest BCUT2D eigenvalue weighted by Gasteiger charge is -2.33. The van der Waals surface area contributed by atoms with Gasteiger partial charge in [-0.15, -0.1) is 0 Å². The zero-order chi connectivity index (χ0) is 15.6. The van der Waals surface area contributed by atoms with E-state index in [0.29, 0.717) is 30.9 Å². The van der Waals surface area contributed by atoms with Crippen LogP contribution in [0.25, 0.3) is 0 Å². The number of pyridine rings is 1. The van der Waals surface area contributed by atoms with E-state index in [1.54, 1.807) is 6.92 Å². The molecule has 0 aliphatic carbocycles. The summed E-state index contributed by atoms with van der Waals surface area (Å²) in [6.45, 7) is 2.61. The van der Waals surface area contributed by atoms with Crippen molar-refractivity contribution in [2.45, 2.75) is 32.0 Å². The molecule has 1 aromatic rings. The molecule has 5 nitrogen and oxygen atoms in total. The molecule has 1 fully saturated rings. The third-order valence-corrected chi connectivity index (χ3v) is 3.34. The van der Waals surface area contributed by atoms with Gasteiger partial charge in [-0.3, -0.25) is 0 Å². The summed E-state index contributed by atoms with van der Waals surface area (Å²) >= 11 is 0. The minimum Gasteiger partial charge on any atom is -0.445 e. The number of primary amides is 1. The fraction of sp³-hybridized carbons (Fsp3) is 0.538. The number of hydrogen-bond donors (Lipinski definition) is 1. The van der Waals surface area contributed by atoms with E-state index < -0.39 is 17.8 Å². The summed E-state index contributed by atoms with van der Waals surface area (Å²) in [6.07, 6.45) is -3.37. The van der Waals surface area contributed by atoms with Crippen LogP contribution in [0.1, 0.15) is 24.0 Å². The Morgan fingerprint density at radius 2 is 2.24 bits per heavy atom. The summed E-state index contributed by atoms with van der Waals surface area (Å²) < 4.78 is 42.8. The van der Waals surface area contributed by atoms with Crippen molar-refractivity contribution in [1.29, 1.82) is 0 Å². The van der Waals surface area contributed by atoms with E-state index in [4.69, 9.17) is 10.5 Å². The highest BCUT2D eigenvalue weighted by molar-refractivity contribution is 5.65. The second kappa shape index (κ2) is 5.79. The van der Waals surface area contributed by atoms with Gasteiger partial charge in [-0.2, -0.15) is 13.2 Å². The molecule has 1 aliphatic rings. The number of aromatic nitrogens is 1. The second-order valence-corrected chi connectivity index (χ2v) is 5.01. The molecule has 21 heavy (non-hydrogen) atoms. The normalized spacial score (nSPS) is 19.4. The van der Waals surface area contributed by atoms with Crippen molar-refractivity contribution in [1.82, 2.24) is 4.98 Å². The van der Waals surface area contributed by atoms with Gasteiger partial charge in [-0.25, -0.2) is 9.78 Å². The van der Waals surface area contributed by atoms with Crippen molar-refractivity contribution >= 4 is 11.9 Å². The number of anilines is 1. The molecule has 8 heteroatoms. The Bertz CT molecular complexity index is 534. The van der Waals surface area contributed by atoms with Crippen LogP contribution in [0.2, 0.25) is 0 Å². The molecule has 116 valence electrons. The van der Waals surface area contributed by atoms with E-state index in [0.717, 1.165) is 18.7 Å². The average molecular weight is 303 g/mol. The Balaban J connectivity index is 2.16. The number of rotatable bonds is 2. The number of amides is 1. The van der Waals surface area contributed by atoms with Crippen LogP contribution < -0.4 is 10.6 Å². The first-order chi connectivity index (χ1) is 9.77. The molecular formula is C13H16F3N3O2. The Labute approximate surface area is 119 Å². The van der Waals surface area contributed by atoms with Crippen LogP contribution >= 0.6 is 0 Å². The number of ether oxygens (including phenoxy) is 1. The van der Waals surface area contributed by atoms with E-state index in [2.05, 4.69) is 4.98 Å². The van der Waals surface area contributed by atoms with E-state index in [-0.39, 0.29) is 6.10 Å². The molecule has 1 aromatic heterocycles. The maximum atomic E-state index is 12.6. The molecule has 0 aromatic carbocycles. The number of halogens is 3. The molecule has 0 spiro atoms. The predicted molar refractivity (Wildman–Crippen MR) is 69.9 cm³/mol. The summed E-state index contributed by atoms with van der Waals surface area (Å²) in [5.74, 6) is 0.473. The van der Waals surface area contributed by atoms with Crippen LogP contribution in [0.15, 0.2) is 12.3 Å². The van der Waals surface area contributed by atoms with E-state index in [1.807, 2.05) is 4.90 Å². The van der Waals surface area contributed by atoms with Crippen molar-refractivity contribution in [2.24, 2.45) is 5.73 Å². The minimum absolute atomic E-state index is 0.361. The monoisotopic (exact) mass is 303 g/mol. The van der Waals surface area contributed by atoms with E-state index in [9.17, 15) is 18.0 Å². The zero-order valence-electron chi connectivity index (χ0n) is 11.5. The SMILES string of the molecule is Cc1cc(C(F)(F)F)cnc1N1CCCC(OC(N)=O)C1. The maximum absolute atomic E-state index is 12.6. The van der Waals surface area contributed by atoms with E-state index in [1.165, 1.54) is 0 Å². The summed E-state index contributed by atoms with van der Waals surface area (Å²) in [5.41, 5.74) is 4.65. The van der Waals surface area contributed by atoms with Crippen LogP contribution in [0.3, 0.4) is 0 Å². The molecule has 2 N–H and O–H groups in total. The van der Waals surface area contributed by atoms with Crippen LogP contribution in [0.5, 0.6) is 0 Å². The fourth-order valence-corrected chi connectivity index (χ4v) is 2.44. The van der Waals surface area contributed by atoms with Gasteiger partial charge in [0.1, 0.15) is 11.9 Å². The summed E-state index contributed by atoms with van der Waals surface area (Å²) in [6, 6.07) is 1.07. The first-order valence-corrected chi connectivity index (χ1v) is 6.52. The van der Waals surface area contributed by atoms with E-state index >= 15 is 0 Å². The van der Waals surface area contributed by atoms with Gasteiger partial charge < -0.3 is 15.4 Å². The Hall–Kier alpha value is -1.99. The quantitative estimate of drug-likeness (QED) is 0.911. The predicted octanol–water partition coefficient (Wildman–Crippen LogP) is 2.47. The third-order valence-electron chi connectivity index (χ3n) is 3.34. The van der Waals surface area contributed by atoms with Crippen LogP contribution in [0, 0.1) is 6.92 Å². The zero-order valence-corrected chi connectivity index (χ0v) is 11.5. The lowest BCUT2D eigenvalue weighted by atomic mass is 10.1. The molecule has 2 heterocycles. The molecule has 1 amide bonds. The highest BCUT2D eigenvalue weighted by Crippen LogP contribution is 2.32. The number of nitrogens with zero attached hydrogens (tertiary/aromatic N) is 2. The second-order valence-electron chi connectivity index (χ2n) is 5.01. The van der Waals surface area contributed by atoms with Crippen molar-refractivity contribution in [3.8, 4) is 0 Å². The molecule has 1 aliphatic heterocycles. The lowest BCUT2D eigenvalue weighted by Crippen LogP contribution is -2.42. The first-order valence-electron chi connectivity index (χ1n) is 6.52. The third kappa shape index (κ3) is 3.77. The molecule has 0 saturated carbocycles. The van der Waals surface area contributed by atoms with Gasteiger partial charge in [0.25, 0.3) is 0 Å². The standard InChI is InChI=1S/C13H16F3N3O2/c1-8-5-9(13(14,15)16)6-18-11(8)19-4-2-3-10(7-19)21-12(17)20/h5-6,10H,2-4,7H2,1H3,(H2,17,20). The smallest absolute Gasteiger partial charge is 0.417 e. The molecule has 0 bridgehead atoms. The highest BCUT2D eigenvalue weighted by atomic mass is 19.4. The van der Waals surface area contributed by atoms with Crippen molar-refractivity contribution in [2.75, 3.05) is 18.0 Å². The Morgan fingerprint density at radius 1 is 1.52 bits per heavy atom. The van der Waals surface area contributed by atoms with Crippen molar-refractivity contribution in [3.63, 3.8) is 0 Å². The highest BCUT2D eigenvalue weighted by Gasteiger charge is 2.32. The van der Waals surface area contributed by atoms with Crippen LogP contribution in [0.4, 0.5) is 23.8 Å². The number of aryl methyl sites for hydroxylation is 1. The average Bonchev–Trinajstić information content (AvgIpc) is 2.37. The number of piperidine rings is 1. The summed E-state index contributed by atoms with van der Waals surface area (Å²) in [4.78, 5) is 16.5. The number of nitrogens with two attached hydrogens (primary N) is 1. The molecule has 0 radical (unpaired) electrons. The molecule has 2 rings (SSSR count). The number of hydrogen-bond acceptors (Lipinski definition) is 4. The molecule has 1 atom stereocenters. The fourth-order valence-electron chi connectivity index (χ4n) is 2.44. The number of carbonyl (C=O) groups excluding carboxylic acids is 1. The van der Waals surface area contributed by atoms with Gasteiger partial charge in [0.05, 0.1) is 12.1 Å². The van der Waals surface area contributed by atoms with Gasteiger partial charge in [0.2, 0.25) is 0 Å².